The Morgan fingerprint density at radius 3 is 1.90 bits per heavy atom. The summed E-state index contributed by atoms with van der Waals surface area (Å²) in [4.78, 5) is 21.9. The Morgan fingerprint density at radius 2 is 1.45 bits per heavy atom. The van der Waals surface area contributed by atoms with E-state index in [0.717, 1.165) is 12.8 Å². The van der Waals surface area contributed by atoms with Gasteiger partial charge in [-0.3, -0.25) is 9.59 Å². The molecule has 0 aromatic heterocycles. The maximum Gasteiger partial charge on any atom is 1.00 e. The first-order valence-electron chi connectivity index (χ1n) is 7.58. The van der Waals surface area contributed by atoms with Gasteiger partial charge < -0.3 is 12.3 Å². The van der Waals surface area contributed by atoms with Crippen molar-refractivity contribution in [3.05, 3.63) is 0 Å². The first-order chi connectivity index (χ1) is 9.07. The van der Waals surface area contributed by atoms with Crippen molar-refractivity contribution in [3.8, 4) is 0 Å². The number of carbonyl (C=O) groups is 2. The molecule has 0 aromatic carbocycles. The van der Waals surface area contributed by atoms with Gasteiger partial charge in [-0.05, 0) is 6.42 Å². The van der Waals surface area contributed by atoms with Crippen LogP contribution in [0.3, 0.4) is 0 Å². The van der Waals surface area contributed by atoms with E-state index in [1.165, 1.54) is 44.9 Å². The minimum Gasteiger partial charge on any atom is -1.00 e. The fraction of sp³-hybridized carbons (Fsp3) is 0.867. The van der Waals surface area contributed by atoms with Gasteiger partial charge >= 0.3 is 35.5 Å². The molecule has 3 N–H and O–H groups in total. The first-order valence-corrected chi connectivity index (χ1v) is 7.58. The van der Waals surface area contributed by atoms with E-state index in [0.29, 0.717) is 6.42 Å². The molecule has 0 amide bonds. The molecule has 4 nitrogen and oxygen atoms in total. The van der Waals surface area contributed by atoms with Crippen molar-refractivity contribution < 1.29 is 45.7 Å². The number of Topliss-reactive ketones (excluding diaryl/α,β-unsaturated/α-hetero) is 1. The molecule has 0 bridgehead atoms. The molecule has 0 unspecified atom stereocenters. The number of carbonyl (C=O) groups excluding carboxylic acids is 1. The second kappa shape index (κ2) is 15.5. The van der Waals surface area contributed by atoms with Crippen molar-refractivity contribution in [1.29, 1.82) is 0 Å². The van der Waals surface area contributed by atoms with Crippen LogP contribution in [0.15, 0.2) is 0 Å². The molecule has 0 rings (SSSR count). The fourth-order valence-corrected chi connectivity index (χ4v) is 2.07. The Labute approximate surface area is 146 Å². The molecule has 0 aromatic rings. The van der Waals surface area contributed by atoms with Crippen LogP contribution in [0.4, 0.5) is 0 Å². The number of hydrogen-bond donors (Lipinski definition) is 2. The number of hydrogen-bond acceptors (Lipinski definition) is 3. The third-order valence-corrected chi connectivity index (χ3v) is 3.32. The minimum absolute atomic E-state index is 0. The number of unbranched alkanes of at least 4 members (excludes halogenated alkanes) is 8. The van der Waals surface area contributed by atoms with Gasteiger partial charge in [0.2, 0.25) is 0 Å². The standard InChI is InChI=1S/C15H29NO3.Na.H/c1-2-3-4-5-6-7-8-9-10-11-13(17)12-14(16)15(18)19;;/h14H,2-12,16H2,1H3,(H,18,19);;/q;+1;-1/t14-;;/m0../s1. The molecule has 0 aliphatic carbocycles. The molecular weight excluding hydrogens is 265 g/mol. The summed E-state index contributed by atoms with van der Waals surface area (Å²) in [5.41, 5.74) is 5.31. The summed E-state index contributed by atoms with van der Waals surface area (Å²) in [6, 6.07) is -1.04. The number of nitrogens with two attached hydrogens (primary N) is 1. The normalized spacial score (nSPS) is 11.7. The van der Waals surface area contributed by atoms with Crippen LogP contribution in [0.5, 0.6) is 0 Å². The molecule has 0 saturated carbocycles. The molecule has 114 valence electrons. The van der Waals surface area contributed by atoms with Crippen molar-refractivity contribution in [3.63, 3.8) is 0 Å². The zero-order chi connectivity index (χ0) is 14.5. The van der Waals surface area contributed by atoms with E-state index < -0.39 is 12.0 Å². The van der Waals surface area contributed by atoms with E-state index in [2.05, 4.69) is 6.92 Å². The molecule has 0 spiro atoms. The van der Waals surface area contributed by atoms with E-state index in [1.54, 1.807) is 0 Å². The van der Waals surface area contributed by atoms with Crippen molar-refractivity contribution in [2.45, 2.75) is 83.6 Å². The van der Waals surface area contributed by atoms with Gasteiger partial charge in [-0.25, -0.2) is 0 Å². The summed E-state index contributed by atoms with van der Waals surface area (Å²) in [6.07, 6.45) is 11.3. The average molecular weight is 295 g/mol. The number of carboxylic acid groups (broad SMARTS) is 1. The van der Waals surface area contributed by atoms with Gasteiger partial charge in [-0.1, -0.05) is 58.3 Å². The van der Waals surface area contributed by atoms with Gasteiger partial charge in [0.15, 0.2) is 0 Å². The maximum absolute atomic E-state index is 11.4. The second-order valence-electron chi connectivity index (χ2n) is 5.27. The predicted octanol–water partition coefficient (Wildman–Crippen LogP) is 0.395. The van der Waals surface area contributed by atoms with Crippen LogP contribution in [-0.4, -0.2) is 22.9 Å². The van der Waals surface area contributed by atoms with E-state index >= 15 is 0 Å². The molecule has 0 fully saturated rings. The van der Waals surface area contributed by atoms with Crippen LogP contribution in [0.2, 0.25) is 0 Å². The monoisotopic (exact) mass is 295 g/mol. The second-order valence-corrected chi connectivity index (χ2v) is 5.27. The third-order valence-electron chi connectivity index (χ3n) is 3.32. The molecule has 0 heterocycles. The van der Waals surface area contributed by atoms with Gasteiger partial charge in [0.25, 0.3) is 0 Å². The van der Waals surface area contributed by atoms with Gasteiger partial charge in [0.1, 0.15) is 11.8 Å². The smallest absolute Gasteiger partial charge is 1.00 e. The Balaban J connectivity index is -0.00000162. The Hall–Kier alpha value is 0.100. The average Bonchev–Trinajstić information content (AvgIpc) is 2.36. The Morgan fingerprint density at radius 1 is 1.00 bits per heavy atom. The Kier molecular flexibility index (Phi) is 17.3. The van der Waals surface area contributed by atoms with Crippen molar-refractivity contribution in [2.75, 3.05) is 0 Å². The fourth-order valence-electron chi connectivity index (χ4n) is 2.07. The summed E-state index contributed by atoms with van der Waals surface area (Å²) in [7, 11) is 0. The molecule has 1 atom stereocenters. The SMILES string of the molecule is CCCCCCCCCCCC(=O)C[C@H](N)C(=O)O.[H-].[Na+]. The minimum atomic E-state index is -1.10. The molecule has 0 aliphatic rings. The first kappa shape index (κ1) is 22.4. The van der Waals surface area contributed by atoms with Crippen LogP contribution in [0.25, 0.3) is 0 Å². The quantitative estimate of drug-likeness (QED) is 0.380. The van der Waals surface area contributed by atoms with E-state index in [1.807, 2.05) is 0 Å². The van der Waals surface area contributed by atoms with Crippen LogP contribution >= 0.6 is 0 Å². The van der Waals surface area contributed by atoms with E-state index in [-0.39, 0.29) is 43.2 Å². The summed E-state index contributed by atoms with van der Waals surface area (Å²) >= 11 is 0. The summed E-state index contributed by atoms with van der Waals surface area (Å²) in [5, 5.41) is 8.58. The third kappa shape index (κ3) is 14.5. The zero-order valence-electron chi connectivity index (χ0n) is 14.2. The van der Waals surface area contributed by atoms with Gasteiger partial charge in [0.05, 0.1) is 0 Å². The number of rotatable bonds is 13. The largest absolute Gasteiger partial charge is 1.00 e. The van der Waals surface area contributed by atoms with E-state index in [4.69, 9.17) is 10.8 Å². The summed E-state index contributed by atoms with van der Waals surface area (Å²) in [5.74, 6) is -1.13. The maximum atomic E-state index is 11.4. The van der Waals surface area contributed by atoms with Gasteiger partial charge in [0, 0.05) is 12.8 Å². The summed E-state index contributed by atoms with van der Waals surface area (Å²) < 4.78 is 0. The predicted molar refractivity (Wildman–Crippen MR) is 78.2 cm³/mol. The van der Waals surface area contributed by atoms with Crippen molar-refractivity contribution in [2.24, 2.45) is 5.73 Å². The van der Waals surface area contributed by atoms with Crippen molar-refractivity contribution >= 4 is 11.8 Å². The molecule has 20 heavy (non-hydrogen) atoms. The molecule has 0 saturated heterocycles. The van der Waals surface area contributed by atoms with Gasteiger partial charge in [-0.2, -0.15) is 0 Å². The van der Waals surface area contributed by atoms with Crippen LogP contribution in [0.1, 0.15) is 79.0 Å². The van der Waals surface area contributed by atoms with Crippen LogP contribution in [-0.2, 0) is 9.59 Å². The van der Waals surface area contributed by atoms with E-state index in [9.17, 15) is 9.59 Å². The zero-order valence-corrected chi connectivity index (χ0v) is 15.2. The molecule has 5 heteroatoms. The molecular formula is C15H30NNaO3. The number of aliphatic carboxylic acids is 1. The summed E-state index contributed by atoms with van der Waals surface area (Å²) in [6.45, 7) is 2.22. The van der Waals surface area contributed by atoms with Crippen molar-refractivity contribution in [1.82, 2.24) is 0 Å². The molecule has 0 radical (unpaired) electrons. The number of carboxylic acids is 1. The Bertz CT molecular complexity index is 265. The van der Waals surface area contributed by atoms with Gasteiger partial charge in [-0.15, -0.1) is 0 Å². The molecule has 0 aliphatic heterocycles. The van der Waals surface area contributed by atoms with Crippen LogP contribution in [0, 0.1) is 0 Å². The number of ketones is 1. The van der Waals surface area contributed by atoms with Crippen LogP contribution < -0.4 is 35.3 Å². The topological polar surface area (TPSA) is 80.4 Å².